The predicted octanol–water partition coefficient (Wildman–Crippen LogP) is 5.79. The summed E-state index contributed by atoms with van der Waals surface area (Å²) >= 11 is 1.42. The lowest BCUT2D eigenvalue weighted by atomic mass is 10.1. The van der Waals surface area contributed by atoms with Gasteiger partial charge in [-0.2, -0.15) is 0 Å². The number of carbonyl (C=O) groups is 1. The minimum atomic E-state index is -0.530. The van der Waals surface area contributed by atoms with Crippen molar-refractivity contribution in [2.24, 2.45) is 9.98 Å². The van der Waals surface area contributed by atoms with Crippen LogP contribution in [0.4, 0.5) is 5.69 Å². The van der Waals surface area contributed by atoms with E-state index < -0.39 is 5.66 Å². The normalized spacial score (nSPS) is 14.7. The molecule has 31 heavy (non-hydrogen) atoms. The first-order chi connectivity index (χ1) is 14.8. The number of aryl methyl sites for hydroxylation is 2. The van der Waals surface area contributed by atoms with E-state index >= 15 is 0 Å². The molecule has 2 aromatic rings. The van der Waals surface area contributed by atoms with Gasteiger partial charge in [-0.05, 0) is 75.6 Å². The predicted molar refractivity (Wildman–Crippen MR) is 132 cm³/mol. The summed E-state index contributed by atoms with van der Waals surface area (Å²) in [4.78, 5) is 22.1. The van der Waals surface area contributed by atoms with E-state index in [4.69, 9.17) is 14.7 Å². The Kier molecular flexibility index (Phi) is 7.55. The average molecular weight is 438 g/mol. The zero-order valence-electron chi connectivity index (χ0n) is 19.0. The van der Waals surface area contributed by atoms with Crippen molar-refractivity contribution < 1.29 is 9.53 Å². The van der Waals surface area contributed by atoms with Gasteiger partial charge in [-0.15, -0.1) is 0 Å². The minimum absolute atomic E-state index is 0.0508. The molecule has 0 saturated carbocycles. The van der Waals surface area contributed by atoms with E-state index in [1.807, 2.05) is 70.2 Å². The number of benzene rings is 2. The molecule has 1 heterocycles. The molecule has 0 aromatic heterocycles. The Balaban J connectivity index is 1.65. The summed E-state index contributed by atoms with van der Waals surface area (Å²) in [6.07, 6.45) is 2.15. The lowest BCUT2D eigenvalue weighted by Crippen LogP contribution is -2.18. The van der Waals surface area contributed by atoms with Crippen LogP contribution in [0.15, 0.2) is 52.4 Å². The number of unbranched alkanes of at least 4 members (excludes halogenated alkanes) is 1. The van der Waals surface area contributed by atoms with Crippen LogP contribution in [0.25, 0.3) is 0 Å². The van der Waals surface area contributed by atoms with Crippen molar-refractivity contribution in [2.45, 2.75) is 53.1 Å². The van der Waals surface area contributed by atoms with Crippen molar-refractivity contribution in [2.75, 3.05) is 17.7 Å². The average Bonchev–Trinajstić information content (AvgIpc) is 3.04. The van der Waals surface area contributed by atoms with Gasteiger partial charge in [0.25, 0.3) is 0 Å². The number of aliphatic imine (C=N–C) groups is 2. The van der Waals surface area contributed by atoms with Crippen molar-refractivity contribution in [1.82, 2.24) is 0 Å². The fourth-order valence-electron chi connectivity index (χ4n) is 3.17. The van der Waals surface area contributed by atoms with Crippen LogP contribution >= 0.6 is 11.8 Å². The second-order valence-corrected chi connectivity index (χ2v) is 9.22. The SMILES string of the molecule is CCCCOc1ccc(C2=NC(C)(C)N=C2SCC(=O)Nc2cc(C)ccc2C)cc1. The number of ether oxygens (including phenoxy) is 1. The Bertz CT molecular complexity index is 994. The number of anilines is 1. The highest BCUT2D eigenvalue weighted by atomic mass is 32.2. The summed E-state index contributed by atoms with van der Waals surface area (Å²) in [5, 5.41) is 3.80. The number of carbonyl (C=O) groups excluding carboxylic acids is 1. The zero-order valence-corrected chi connectivity index (χ0v) is 19.8. The number of rotatable bonds is 8. The van der Waals surface area contributed by atoms with E-state index in [1.165, 1.54) is 11.8 Å². The largest absolute Gasteiger partial charge is 0.494 e. The molecule has 164 valence electrons. The van der Waals surface area contributed by atoms with Gasteiger partial charge in [0.2, 0.25) is 5.91 Å². The van der Waals surface area contributed by atoms with Gasteiger partial charge in [0, 0.05) is 11.3 Å². The molecule has 1 N–H and O–H groups in total. The quantitative estimate of drug-likeness (QED) is 0.532. The van der Waals surface area contributed by atoms with Gasteiger partial charge in [-0.1, -0.05) is 37.2 Å². The zero-order chi connectivity index (χ0) is 22.4. The minimum Gasteiger partial charge on any atom is -0.494 e. The van der Waals surface area contributed by atoms with Crippen LogP contribution in [0.5, 0.6) is 5.75 Å². The first kappa shape index (κ1) is 23.1. The molecule has 0 bridgehead atoms. The highest BCUT2D eigenvalue weighted by Crippen LogP contribution is 2.28. The molecule has 6 heteroatoms. The molecule has 0 saturated heterocycles. The molecule has 2 aromatic carbocycles. The maximum Gasteiger partial charge on any atom is 0.234 e. The number of hydrogen-bond acceptors (Lipinski definition) is 5. The maximum atomic E-state index is 12.6. The molecule has 0 unspecified atom stereocenters. The van der Waals surface area contributed by atoms with Crippen LogP contribution in [-0.4, -0.2) is 34.7 Å². The Morgan fingerprint density at radius 3 is 2.55 bits per heavy atom. The van der Waals surface area contributed by atoms with Crippen LogP contribution in [0.3, 0.4) is 0 Å². The molecule has 0 atom stereocenters. The van der Waals surface area contributed by atoms with Gasteiger partial charge in [-0.3, -0.25) is 9.79 Å². The Hall–Kier alpha value is -2.60. The van der Waals surface area contributed by atoms with Gasteiger partial charge in [0.15, 0.2) is 0 Å². The van der Waals surface area contributed by atoms with Crippen LogP contribution in [0, 0.1) is 13.8 Å². The molecule has 5 nitrogen and oxygen atoms in total. The van der Waals surface area contributed by atoms with E-state index in [0.29, 0.717) is 0 Å². The summed E-state index contributed by atoms with van der Waals surface area (Å²) in [6, 6.07) is 14.0. The van der Waals surface area contributed by atoms with E-state index in [-0.39, 0.29) is 11.7 Å². The van der Waals surface area contributed by atoms with Gasteiger partial charge < -0.3 is 10.1 Å². The number of thioether (sulfide) groups is 1. The van der Waals surface area contributed by atoms with Crippen LogP contribution in [0.2, 0.25) is 0 Å². The number of nitrogens with one attached hydrogen (secondary N) is 1. The molecule has 1 amide bonds. The molecule has 0 aliphatic carbocycles. The van der Waals surface area contributed by atoms with E-state index in [9.17, 15) is 4.79 Å². The van der Waals surface area contributed by atoms with Crippen molar-refractivity contribution >= 4 is 34.1 Å². The lowest BCUT2D eigenvalue weighted by molar-refractivity contribution is -0.113. The molecule has 3 rings (SSSR count). The van der Waals surface area contributed by atoms with E-state index in [2.05, 4.69) is 12.2 Å². The highest BCUT2D eigenvalue weighted by Gasteiger charge is 2.28. The monoisotopic (exact) mass is 437 g/mol. The van der Waals surface area contributed by atoms with Crippen LogP contribution < -0.4 is 10.1 Å². The summed E-state index contributed by atoms with van der Waals surface area (Å²) < 4.78 is 5.76. The van der Waals surface area contributed by atoms with E-state index in [0.717, 1.165) is 58.3 Å². The fraction of sp³-hybridized carbons (Fsp3) is 0.400. The van der Waals surface area contributed by atoms with Crippen molar-refractivity contribution in [3.05, 3.63) is 59.2 Å². The number of amides is 1. The standard InChI is InChI=1S/C25H31N3O2S/c1-6-7-14-30-20-12-10-19(11-13-20)23-24(28-25(4,5)27-23)31-16-22(29)26-21-15-17(2)8-9-18(21)3/h8-13,15H,6-7,14,16H2,1-5H3,(H,26,29). The van der Waals surface area contributed by atoms with Crippen molar-refractivity contribution in [3.63, 3.8) is 0 Å². The highest BCUT2D eigenvalue weighted by molar-refractivity contribution is 8.16. The Morgan fingerprint density at radius 1 is 1.10 bits per heavy atom. The molecular formula is C25H31N3O2S. The lowest BCUT2D eigenvalue weighted by Gasteiger charge is -2.10. The van der Waals surface area contributed by atoms with Gasteiger partial charge in [0.1, 0.15) is 16.5 Å². The second kappa shape index (κ2) is 10.1. The molecule has 1 aliphatic heterocycles. The number of hydrogen-bond donors (Lipinski definition) is 1. The van der Waals surface area contributed by atoms with Crippen molar-refractivity contribution in [1.29, 1.82) is 0 Å². The second-order valence-electron chi connectivity index (χ2n) is 8.25. The van der Waals surface area contributed by atoms with Crippen LogP contribution in [-0.2, 0) is 4.79 Å². The molecule has 1 aliphatic rings. The fourth-order valence-corrected chi connectivity index (χ4v) is 4.10. The van der Waals surface area contributed by atoms with Crippen LogP contribution in [0.1, 0.15) is 50.3 Å². The Morgan fingerprint density at radius 2 is 1.84 bits per heavy atom. The molecule has 0 radical (unpaired) electrons. The molecular weight excluding hydrogens is 406 g/mol. The smallest absolute Gasteiger partial charge is 0.234 e. The third-order valence-corrected chi connectivity index (χ3v) is 5.83. The first-order valence-electron chi connectivity index (χ1n) is 10.7. The van der Waals surface area contributed by atoms with E-state index in [1.54, 1.807) is 0 Å². The van der Waals surface area contributed by atoms with Gasteiger partial charge in [-0.25, -0.2) is 4.99 Å². The number of nitrogens with zero attached hydrogens (tertiary/aromatic N) is 2. The van der Waals surface area contributed by atoms with Crippen molar-refractivity contribution in [3.8, 4) is 5.75 Å². The third-order valence-electron chi connectivity index (χ3n) is 4.86. The third kappa shape index (κ3) is 6.44. The summed E-state index contributed by atoms with van der Waals surface area (Å²) in [5.74, 6) is 1.08. The maximum absolute atomic E-state index is 12.6. The topological polar surface area (TPSA) is 63.1 Å². The summed E-state index contributed by atoms with van der Waals surface area (Å²) in [5.41, 5.74) is 4.30. The molecule has 0 fully saturated rings. The van der Waals surface area contributed by atoms with Gasteiger partial charge >= 0.3 is 0 Å². The van der Waals surface area contributed by atoms with Gasteiger partial charge in [0.05, 0.1) is 18.1 Å². The Labute approximate surface area is 189 Å². The first-order valence-corrected chi connectivity index (χ1v) is 11.7. The molecule has 0 spiro atoms. The summed E-state index contributed by atoms with van der Waals surface area (Å²) in [6.45, 7) is 10.8. The summed E-state index contributed by atoms with van der Waals surface area (Å²) in [7, 11) is 0.